The number of hydrogen-bond acceptors (Lipinski definition) is 3. The first-order valence-electron chi connectivity index (χ1n) is 7.28. The van der Waals surface area contributed by atoms with Gasteiger partial charge in [-0.05, 0) is 19.8 Å². The Morgan fingerprint density at radius 1 is 1.33 bits per heavy atom. The van der Waals surface area contributed by atoms with Crippen LogP contribution in [0.3, 0.4) is 0 Å². The molecule has 1 N–H and O–H groups in total. The van der Waals surface area contributed by atoms with Crippen molar-refractivity contribution in [3.05, 3.63) is 48.7 Å². The molecule has 0 aliphatic carbocycles. The molecule has 0 saturated carbocycles. The minimum atomic E-state index is 0.332. The number of rotatable bonds is 4. The van der Waals surface area contributed by atoms with Crippen LogP contribution in [0.2, 0.25) is 0 Å². The first kappa shape index (κ1) is 17.0. The van der Waals surface area contributed by atoms with E-state index >= 15 is 0 Å². The fourth-order valence-corrected chi connectivity index (χ4v) is 1.97. The molecule has 1 heterocycles. The highest BCUT2D eigenvalue weighted by Crippen LogP contribution is 2.19. The van der Waals surface area contributed by atoms with Crippen LogP contribution in [0.1, 0.15) is 27.7 Å². The molecule has 0 bridgehead atoms. The zero-order valence-corrected chi connectivity index (χ0v) is 14.0. The molecule has 0 atom stereocenters. The molecule has 0 fully saturated rings. The molecule has 1 aliphatic rings. The van der Waals surface area contributed by atoms with Gasteiger partial charge in [0.2, 0.25) is 0 Å². The van der Waals surface area contributed by atoms with Crippen LogP contribution >= 0.6 is 0 Å². The standard InChI is InChI=1S/C18H27N3/c1-13(2)16(6)20(8)11-9-10-18-12-21(14(3)4)17(7)19-15(18)5/h12-14,19H,5-7,11H2,1-4,8H3. The second kappa shape index (κ2) is 7.08. The van der Waals surface area contributed by atoms with Crippen LogP contribution in [0.4, 0.5) is 0 Å². The van der Waals surface area contributed by atoms with Gasteiger partial charge in [-0.2, -0.15) is 0 Å². The maximum Gasteiger partial charge on any atom is 0.103 e. The first-order chi connectivity index (χ1) is 9.73. The highest BCUT2D eigenvalue weighted by molar-refractivity contribution is 5.47. The predicted octanol–water partition coefficient (Wildman–Crippen LogP) is 3.27. The topological polar surface area (TPSA) is 18.5 Å². The van der Waals surface area contributed by atoms with Gasteiger partial charge < -0.3 is 15.1 Å². The summed E-state index contributed by atoms with van der Waals surface area (Å²) in [5, 5.41) is 3.17. The van der Waals surface area contributed by atoms with Crippen molar-refractivity contribution in [2.75, 3.05) is 13.6 Å². The molecule has 21 heavy (non-hydrogen) atoms. The highest BCUT2D eigenvalue weighted by atomic mass is 15.3. The summed E-state index contributed by atoms with van der Waals surface area (Å²) < 4.78 is 0. The maximum atomic E-state index is 4.07. The molecule has 0 spiro atoms. The largest absolute Gasteiger partial charge is 0.367 e. The fraction of sp³-hybridized carbons (Fsp3) is 0.444. The Morgan fingerprint density at radius 2 is 1.95 bits per heavy atom. The lowest BCUT2D eigenvalue weighted by atomic mass is 10.1. The molecule has 3 nitrogen and oxygen atoms in total. The highest BCUT2D eigenvalue weighted by Gasteiger charge is 2.17. The van der Waals surface area contributed by atoms with Crippen molar-refractivity contribution in [3.8, 4) is 11.8 Å². The van der Waals surface area contributed by atoms with Gasteiger partial charge in [-0.15, -0.1) is 0 Å². The number of allylic oxidation sites excluding steroid dienone is 2. The smallest absolute Gasteiger partial charge is 0.103 e. The number of nitrogens with one attached hydrogen (secondary N) is 1. The van der Waals surface area contributed by atoms with E-state index in [0.29, 0.717) is 18.5 Å². The van der Waals surface area contributed by atoms with Gasteiger partial charge in [0.15, 0.2) is 0 Å². The minimum absolute atomic E-state index is 0.332. The summed E-state index contributed by atoms with van der Waals surface area (Å²) in [6.07, 6.45) is 2.01. The second-order valence-electron chi connectivity index (χ2n) is 5.90. The van der Waals surface area contributed by atoms with E-state index in [4.69, 9.17) is 0 Å². The molecule has 0 saturated heterocycles. The van der Waals surface area contributed by atoms with Gasteiger partial charge in [0, 0.05) is 30.7 Å². The first-order valence-corrected chi connectivity index (χ1v) is 7.28. The maximum absolute atomic E-state index is 4.07. The molecule has 0 unspecified atom stereocenters. The van der Waals surface area contributed by atoms with Crippen LogP contribution in [0.15, 0.2) is 48.7 Å². The molecule has 0 aromatic heterocycles. The van der Waals surface area contributed by atoms with Crippen LogP contribution in [0.5, 0.6) is 0 Å². The summed E-state index contributed by atoms with van der Waals surface area (Å²) in [6, 6.07) is 0.332. The molecule has 0 amide bonds. The molecular weight excluding hydrogens is 258 g/mol. The third-order valence-corrected chi connectivity index (χ3v) is 3.45. The van der Waals surface area contributed by atoms with E-state index in [1.54, 1.807) is 0 Å². The predicted molar refractivity (Wildman–Crippen MR) is 90.9 cm³/mol. The summed E-state index contributed by atoms with van der Waals surface area (Å²) in [7, 11) is 2.02. The second-order valence-corrected chi connectivity index (χ2v) is 5.90. The molecule has 0 radical (unpaired) electrons. The Bertz CT molecular complexity index is 526. The van der Waals surface area contributed by atoms with Crippen molar-refractivity contribution >= 4 is 0 Å². The van der Waals surface area contributed by atoms with E-state index in [1.165, 1.54) is 0 Å². The molecule has 0 aromatic rings. The van der Waals surface area contributed by atoms with Gasteiger partial charge in [-0.25, -0.2) is 0 Å². The summed E-state index contributed by atoms with van der Waals surface area (Å²) in [6.45, 7) is 21.2. The SMILES string of the molecule is C=C1NC(=C)N(C(C)C)C=C1C#CCN(C)C(=C)C(C)C. The van der Waals surface area contributed by atoms with Crippen LogP contribution in [0, 0.1) is 17.8 Å². The third kappa shape index (κ3) is 4.46. The summed E-state index contributed by atoms with van der Waals surface area (Å²) >= 11 is 0. The van der Waals surface area contributed by atoms with Crippen molar-refractivity contribution in [1.29, 1.82) is 0 Å². The lowest BCUT2D eigenvalue weighted by Gasteiger charge is -2.32. The minimum Gasteiger partial charge on any atom is -0.367 e. The van der Waals surface area contributed by atoms with Crippen molar-refractivity contribution in [2.45, 2.75) is 33.7 Å². The normalized spacial score (nSPS) is 14.6. The van der Waals surface area contributed by atoms with Crippen LogP contribution < -0.4 is 5.32 Å². The van der Waals surface area contributed by atoms with E-state index in [-0.39, 0.29) is 0 Å². The van der Waals surface area contributed by atoms with Crippen LogP contribution in [0.25, 0.3) is 0 Å². The zero-order valence-electron chi connectivity index (χ0n) is 14.0. The zero-order chi connectivity index (χ0) is 16.2. The lowest BCUT2D eigenvalue weighted by Crippen LogP contribution is -2.36. The Hall–Kier alpha value is -2.08. The van der Waals surface area contributed by atoms with Gasteiger partial charge in [-0.1, -0.05) is 45.4 Å². The van der Waals surface area contributed by atoms with E-state index in [9.17, 15) is 0 Å². The average Bonchev–Trinajstić information content (AvgIpc) is 2.39. The van der Waals surface area contributed by atoms with Gasteiger partial charge in [0.25, 0.3) is 0 Å². The summed E-state index contributed by atoms with van der Waals surface area (Å²) in [4.78, 5) is 4.14. The molecule has 0 aromatic carbocycles. The van der Waals surface area contributed by atoms with Crippen LogP contribution in [-0.4, -0.2) is 29.4 Å². The van der Waals surface area contributed by atoms with Gasteiger partial charge in [-0.3, -0.25) is 0 Å². The van der Waals surface area contributed by atoms with Gasteiger partial charge >= 0.3 is 0 Å². The lowest BCUT2D eigenvalue weighted by molar-refractivity contribution is 0.356. The molecule has 3 heteroatoms. The van der Waals surface area contributed by atoms with Gasteiger partial charge in [0.05, 0.1) is 12.1 Å². The number of nitrogens with zero attached hydrogens (tertiary/aromatic N) is 2. The molecule has 114 valence electrons. The fourth-order valence-electron chi connectivity index (χ4n) is 1.97. The Labute approximate surface area is 129 Å². The van der Waals surface area contributed by atoms with Crippen molar-refractivity contribution < 1.29 is 0 Å². The monoisotopic (exact) mass is 285 g/mol. The Balaban J connectivity index is 2.80. The Morgan fingerprint density at radius 3 is 2.48 bits per heavy atom. The molecule has 1 aliphatic heterocycles. The summed E-state index contributed by atoms with van der Waals surface area (Å²) in [5.41, 5.74) is 2.80. The average molecular weight is 285 g/mol. The van der Waals surface area contributed by atoms with E-state index in [2.05, 4.69) is 74.4 Å². The Kier molecular flexibility index (Phi) is 5.72. The van der Waals surface area contributed by atoms with E-state index in [0.717, 1.165) is 22.8 Å². The van der Waals surface area contributed by atoms with Crippen molar-refractivity contribution in [1.82, 2.24) is 15.1 Å². The van der Waals surface area contributed by atoms with E-state index < -0.39 is 0 Å². The van der Waals surface area contributed by atoms with Crippen molar-refractivity contribution in [2.24, 2.45) is 5.92 Å². The third-order valence-electron chi connectivity index (χ3n) is 3.45. The van der Waals surface area contributed by atoms with Crippen molar-refractivity contribution in [3.63, 3.8) is 0 Å². The quantitative estimate of drug-likeness (QED) is 0.800. The van der Waals surface area contributed by atoms with Crippen LogP contribution in [-0.2, 0) is 0 Å². The summed E-state index contributed by atoms with van der Waals surface area (Å²) in [5.74, 6) is 7.64. The van der Waals surface area contributed by atoms with E-state index in [1.807, 2.05) is 13.2 Å². The van der Waals surface area contributed by atoms with Gasteiger partial charge in [0.1, 0.15) is 5.82 Å². The number of hydrogen-bond donors (Lipinski definition) is 1. The molecule has 1 rings (SSSR count). The molecular formula is C18H27N3.